The first kappa shape index (κ1) is 24.8. The topological polar surface area (TPSA) is 92.3 Å². The maximum atomic E-state index is 15.1. The number of aryl methyl sites for hydroxylation is 1. The second-order valence-corrected chi connectivity index (χ2v) is 7.92. The van der Waals surface area contributed by atoms with Crippen LogP contribution in [-0.2, 0) is 11.3 Å². The molecule has 0 atom stereocenters. The van der Waals surface area contributed by atoms with Crippen LogP contribution in [0.1, 0.15) is 27.2 Å². The highest BCUT2D eigenvalue weighted by Crippen LogP contribution is 2.35. The average Bonchev–Trinajstić information content (AvgIpc) is 3.25. The molecule has 0 aliphatic heterocycles. The van der Waals surface area contributed by atoms with Crippen molar-refractivity contribution in [2.24, 2.45) is 0 Å². The number of nitriles is 1. The van der Waals surface area contributed by atoms with Crippen LogP contribution in [0.3, 0.4) is 0 Å². The van der Waals surface area contributed by atoms with Gasteiger partial charge < -0.3 is 19.3 Å². The molecule has 1 heterocycles. The van der Waals surface area contributed by atoms with Gasteiger partial charge in [0.2, 0.25) is 0 Å². The lowest BCUT2D eigenvalue weighted by molar-refractivity contribution is -0.0980. The van der Waals surface area contributed by atoms with Crippen LogP contribution in [0.5, 0.6) is 11.5 Å². The Labute approximate surface area is 204 Å². The first-order valence-electron chi connectivity index (χ1n) is 9.77. The van der Waals surface area contributed by atoms with Crippen LogP contribution in [0, 0.1) is 24.1 Å². The quantitative estimate of drug-likeness (QED) is 0.334. The zero-order valence-corrected chi connectivity index (χ0v) is 19.3. The molecule has 0 unspecified atom stereocenters. The number of benzene rings is 3. The van der Waals surface area contributed by atoms with Crippen LogP contribution in [0.4, 0.5) is 4.39 Å². The van der Waals surface area contributed by atoms with Crippen molar-refractivity contribution in [3.8, 4) is 17.6 Å². The van der Waals surface area contributed by atoms with Crippen molar-refractivity contribution in [3.05, 3.63) is 92.9 Å². The van der Waals surface area contributed by atoms with Crippen molar-refractivity contribution in [1.29, 1.82) is 5.26 Å². The predicted molar refractivity (Wildman–Crippen MR) is 127 cm³/mol. The van der Waals surface area contributed by atoms with Crippen molar-refractivity contribution < 1.29 is 23.1 Å². The molecule has 0 aliphatic rings. The molecule has 0 saturated carbocycles. The van der Waals surface area contributed by atoms with Gasteiger partial charge in [0, 0.05) is 22.5 Å². The Morgan fingerprint density at radius 1 is 1.15 bits per heavy atom. The van der Waals surface area contributed by atoms with Crippen molar-refractivity contribution in [3.63, 3.8) is 0 Å². The maximum absolute atomic E-state index is 15.1. The van der Waals surface area contributed by atoms with Crippen LogP contribution in [0.15, 0.2) is 59.0 Å². The van der Waals surface area contributed by atoms with Crippen molar-refractivity contribution in [1.82, 2.24) is 5.32 Å². The van der Waals surface area contributed by atoms with Gasteiger partial charge in [0.25, 0.3) is 5.91 Å². The highest BCUT2D eigenvalue weighted by molar-refractivity contribution is 6.32. The number of amides is 1. The summed E-state index contributed by atoms with van der Waals surface area (Å²) >= 11 is 12.1. The van der Waals surface area contributed by atoms with E-state index in [9.17, 15) is 4.79 Å². The highest BCUT2D eigenvalue weighted by Gasteiger charge is 2.18. The van der Waals surface area contributed by atoms with E-state index in [2.05, 4.69) is 5.32 Å². The largest absolute Gasteiger partial charge is 0.453 e. The smallest absolute Gasteiger partial charge is 0.287 e. The summed E-state index contributed by atoms with van der Waals surface area (Å²) in [6.07, 6.45) is 0. The van der Waals surface area contributed by atoms with Gasteiger partial charge in [0.1, 0.15) is 18.1 Å². The van der Waals surface area contributed by atoms with E-state index in [0.717, 1.165) is 10.9 Å². The molecule has 0 spiro atoms. The Kier molecular flexibility index (Phi) is 7.90. The molecule has 0 fully saturated rings. The molecule has 0 saturated heterocycles. The van der Waals surface area contributed by atoms with Gasteiger partial charge in [-0.05, 0) is 49.4 Å². The summed E-state index contributed by atoms with van der Waals surface area (Å²) in [6, 6.07) is 16.4. The second-order valence-electron chi connectivity index (χ2n) is 7.07. The number of hydrogen-bond donors (Lipinski definition) is 1. The SMILES string of the molecule is C=O.Cc1ccc2oc(C(=O)NCc3ccc(Cl)c(Oc4cc(Cl)cc(C#N)c4)c3F)cc2c1. The van der Waals surface area contributed by atoms with E-state index < -0.39 is 11.7 Å². The third-order valence-electron chi connectivity index (χ3n) is 4.68. The van der Waals surface area contributed by atoms with Crippen LogP contribution in [0.2, 0.25) is 10.0 Å². The fourth-order valence-electron chi connectivity index (χ4n) is 3.14. The lowest BCUT2D eigenvalue weighted by Gasteiger charge is -2.13. The Morgan fingerprint density at radius 2 is 1.91 bits per heavy atom. The molecule has 1 amide bonds. The van der Waals surface area contributed by atoms with E-state index in [1.807, 2.05) is 31.9 Å². The zero-order chi connectivity index (χ0) is 24.8. The molecule has 0 aliphatic carbocycles. The predicted octanol–water partition coefficient (Wildman–Crippen LogP) is 6.60. The molecule has 6 nitrogen and oxygen atoms in total. The van der Waals surface area contributed by atoms with Gasteiger partial charge >= 0.3 is 0 Å². The molecule has 1 N–H and O–H groups in total. The number of carbonyl (C=O) groups is 2. The van der Waals surface area contributed by atoms with Crippen LogP contribution >= 0.6 is 23.2 Å². The molecule has 172 valence electrons. The van der Waals surface area contributed by atoms with E-state index in [4.69, 9.17) is 42.4 Å². The minimum absolute atomic E-state index is 0.0312. The minimum Gasteiger partial charge on any atom is -0.453 e. The molecule has 3 aromatic carbocycles. The number of carbonyl (C=O) groups excluding carboxylic acids is 2. The number of halogens is 3. The Bertz CT molecular complexity index is 1410. The summed E-state index contributed by atoms with van der Waals surface area (Å²) in [6.45, 7) is 3.83. The molecular weight excluding hydrogens is 482 g/mol. The van der Waals surface area contributed by atoms with Crippen molar-refractivity contribution >= 4 is 46.9 Å². The summed E-state index contributed by atoms with van der Waals surface area (Å²) in [7, 11) is 0. The van der Waals surface area contributed by atoms with Gasteiger partial charge in [-0.15, -0.1) is 0 Å². The molecule has 1 aromatic heterocycles. The van der Waals surface area contributed by atoms with Gasteiger partial charge in [-0.25, -0.2) is 4.39 Å². The average molecular weight is 499 g/mol. The fourth-order valence-corrected chi connectivity index (χ4v) is 3.55. The van der Waals surface area contributed by atoms with Gasteiger partial charge in [-0.2, -0.15) is 5.26 Å². The minimum atomic E-state index is -0.739. The normalized spacial score (nSPS) is 10.2. The molecular formula is C25H17Cl2FN2O4. The molecule has 9 heteroatoms. The molecule has 4 aromatic rings. The van der Waals surface area contributed by atoms with Crippen LogP contribution in [0.25, 0.3) is 11.0 Å². The van der Waals surface area contributed by atoms with Crippen molar-refractivity contribution in [2.75, 3.05) is 0 Å². The van der Waals surface area contributed by atoms with Crippen LogP contribution in [-0.4, -0.2) is 12.7 Å². The van der Waals surface area contributed by atoms with Gasteiger partial charge in [-0.1, -0.05) is 40.9 Å². The number of hydrogen-bond acceptors (Lipinski definition) is 5. The molecule has 34 heavy (non-hydrogen) atoms. The number of furan rings is 1. The fraction of sp³-hybridized carbons (Fsp3) is 0.0800. The maximum Gasteiger partial charge on any atom is 0.287 e. The lowest BCUT2D eigenvalue weighted by atomic mass is 10.1. The van der Waals surface area contributed by atoms with Gasteiger partial charge in [0.05, 0.1) is 16.7 Å². The summed E-state index contributed by atoms with van der Waals surface area (Å²) < 4.78 is 26.2. The van der Waals surface area contributed by atoms with Gasteiger partial charge in [-0.3, -0.25) is 4.79 Å². The third kappa shape index (κ3) is 5.54. The van der Waals surface area contributed by atoms with E-state index >= 15 is 4.39 Å². The van der Waals surface area contributed by atoms with Crippen molar-refractivity contribution in [2.45, 2.75) is 13.5 Å². The Hall–Kier alpha value is -3.86. The first-order valence-corrected chi connectivity index (χ1v) is 10.5. The number of nitrogens with one attached hydrogen (secondary N) is 1. The number of ether oxygens (including phenoxy) is 1. The standard InChI is InChI=1S/C24H15Cl2FN2O3.CH2O/c1-13-2-5-20-16(6-13)9-21(32-20)24(30)29-12-15-3-4-19(26)23(22(15)27)31-18-8-14(11-28)7-17(25)10-18;1-2/h2-10H,12H2,1H3,(H,29,30);1H2. The van der Waals surface area contributed by atoms with E-state index in [1.165, 1.54) is 30.3 Å². The molecule has 0 radical (unpaired) electrons. The Morgan fingerprint density at radius 3 is 2.65 bits per heavy atom. The van der Waals surface area contributed by atoms with Crippen LogP contribution < -0.4 is 10.1 Å². The summed E-state index contributed by atoms with van der Waals surface area (Å²) in [5, 5.41) is 12.8. The van der Waals surface area contributed by atoms with E-state index in [-0.39, 0.29) is 45.0 Å². The van der Waals surface area contributed by atoms with E-state index in [0.29, 0.717) is 5.58 Å². The Balaban J connectivity index is 0.00000158. The van der Waals surface area contributed by atoms with E-state index in [1.54, 1.807) is 12.1 Å². The zero-order valence-electron chi connectivity index (χ0n) is 17.8. The second kappa shape index (κ2) is 10.8. The number of nitrogens with zero attached hydrogens (tertiary/aromatic N) is 1. The number of fused-ring (bicyclic) bond motifs is 1. The lowest BCUT2D eigenvalue weighted by Crippen LogP contribution is -2.22. The third-order valence-corrected chi connectivity index (χ3v) is 5.20. The van der Waals surface area contributed by atoms with Gasteiger partial charge in [0.15, 0.2) is 17.3 Å². The summed E-state index contributed by atoms with van der Waals surface area (Å²) in [5.41, 5.74) is 2.05. The first-order chi connectivity index (χ1) is 16.3. The summed E-state index contributed by atoms with van der Waals surface area (Å²) in [5.74, 6) is -1.17. The number of rotatable bonds is 5. The molecule has 0 bridgehead atoms. The summed E-state index contributed by atoms with van der Waals surface area (Å²) in [4.78, 5) is 20.5. The highest BCUT2D eigenvalue weighted by atomic mass is 35.5. The monoisotopic (exact) mass is 498 g/mol. The molecule has 4 rings (SSSR count).